The molecule has 0 aromatic heterocycles. The van der Waals surface area contributed by atoms with Crippen molar-refractivity contribution >= 4 is 47.4 Å². The molecule has 2 aromatic rings. The van der Waals surface area contributed by atoms with E-state index in [4.69, 9.17) is 21.3 Å². The van der Waals surface area contributed by atoms with Gasteiger partial charge in [-0.15, -0.1) is 24.0 Å². The van der Waals surface area contributed by atoms with E-state index in [1.165, 1.54) is 7.11 Å². The number of halogens is 2. The molecule has 0 unspecified atom stereocenters. The summed E-state index contributed by atoms with van der Waals surface area (Å²) in [7, 11) is 1.52. The quantitative estimate of drug-likeness (QED) is 0.315. The summed E-state index contributed by atoms with van der Waals surface area (Å²) in [6, 6.07) is 12.7. The number of aromatic hydroxyl groups is 1. The van der Waals surface area contributed by atoms with E-state index in [2.05, 4.69) is 10.2 Å². The van der Waals surface area contributed by atoms with Gasteiger partial charge in [-0.05, 0) is 42.3 Å². The molecule has 3 rings (SSSR count). The van der Waals surface area contributed by atoms with Crippen LogP contribution in [0.25, 0.3) is 0 Å². The van der Waals surface area contributed by atoms with Crippen LogP contribution in [0.4, 0.5) is 0 Å². The summed E-state index contributed by atoms with van der Waals surface area (Å²) in [5, 5.41) is 13.9. The number of nitrogens with zero attached hydrogens (tertiary/aromatic N) is 3. The lowest BCUT2D eigenvalue weighted by Gasteiger charge is -2.36. The molecule has 2 N–H and O–H groups in total. The van der Waals surface area contributed by atoms with Gasteiger partial charge in [-0.2, -0.15) is 0 Å². The lowest BCUT2D eigenvalue weighted by Crippen LogP contribution is -2.54. The monoisotopic (exact) mass is 572 g/mol. The van der Waals surface area contributed by atoms with Crippen LogP contribution in [-0.4, -0.2) is 66.6 Å². The maximum Gasteiger partial charge on any atom is 0.227 e. The summed E-state index contributed by atoms with van der Waals surface area (Å²) in [5.74, 6) is 1.46. The van der Waals surface area contributed by atoms with Gasteiger partial charge in [0.1, 0.15) is 0 Å². The van der Waals surface area contributed by atoms with E-state index in [-0.39, 0.29) is 35.6 Å². The first-order chi connectivity index (χ1) is 15.0. The highest BCUT2D eigenvalue weighted by Gasteiger charge is 2.23. The normalized spacial score (nSPS) is 14.0. The lowest BCUT2D eigenvalue weighted by atomic mass is 10.1. The number of rotatable bonds is 6. The van der Waals surface area contributed by atoms with Gasteiger partial charge in [0.25, 0.3) is 0 Å². The Labute approximate surface area is 211 Å². The number of benzene rings is 2. The molecule has 7 nitrogen and oxygen atoms in total. The van der Waals surface area contributed by atoms with Gasteiger partial charge in [0.15, 0.2) is 17.5 Å². The summed E-state index contributed by atoms with van der Waals surface area (Å²) in [6.07, 6.45) is 0.357. The van der Waals surface area contributed by atoms with E-state index >= 15 is 0 Å². The number of nitrogens with one attached hydrogen (secondary N) is 1. The molecule has 9 heteroatoms. The SMILES string of the molecule is CCNC(=NCc1ccc(OC)c(O)c1)N1CCN(C(=O)Cc2cccc(Cl)c2)CC1.I. The molecule has 1 aliphatic heterocycles. The topological polar surface area (TPSA) is 77.4 Å². The molecule has 0 spiro atoms. The average molecular weight is 573 g/mol. The number of carbonyl (C=O) groups is 1. The highest BCUT2D eigenvalue weighted by Crippen LogP contribution is 2.26. The summed E-state index contributed by atoms with van der Waals surface area (Å²) in [4.78, 5) is 21.4. The number of amides is 1. The molecule has 174 valence electrons. The van der Waals surface area contributed by atoms with Gasteiger partial charge in [0.05, 0.1) is 20.1 Å². The third-order valence-corrected chi connectivity index (χ3v) is 5.40. The van der Waals surface area contributed by atoms with Gasteiger partial charge >= 0.3 is 0 Å². The number of aliphatic imine (C=N–C) groups is 1. The highest BCUT2D eigenvalue weighted by molar-refractivity contribution is 14.0. The maximum atomic E-state index is 12.7. The molecule has 0 bridgehead atoms. The average Bonchev–Trinajstić information content (AvgIpc) is 2.77. The number of ether oxygens (including phenoxy) is 1. The van der Waals surface area contributed by atoms with Crippen LogP contribution in [0.15, 0.2) is 47.5 Å². The van der Waals surface area contributed by atoms with Crippen LogP contribution < -0.4 is 10.1 Å². The van der Waals surface area contributed by atoms with Crippen LogP contribution in [0.2, 0.25) is 5.02 Å². The fourth-order valence-electron chi connectivity index (χ4n) is 3.53. The standard InChI is InChI=1S/C23H29ClN4O3.HI/c1-3-25-23(26-16-18-7-8-21(31-2)20(29)14-18)28-11-9-27(10-12-28)22(30)15-17-5-4-6-19(24)13-17;/h4-8,13-14,29H,3,9-12,15-16H2,1-2H3,(H,25,26);1H. The van der Waals surface area contributed by atoms with Crippen LogP contribution >= 0.6 is 35.6 Å². The first-order valence-corrected chi connectivity index (χ1v) is 10.8. The van der Waals surface area contributed by atoms with Crippen LogP contribution in [0.3, 0.4) is 0 Å². The van der Waals surface area contributed by atoms with E-state index in [1.54, 1.807) is 12.1 Å². The van der Waals surface area contributed by atoms with Crippen molar-refractivity contribution in [3.8, 4) is 11.5 Å². The van der Waals surface area contributed by atoms with Gasteiger partial charge in [-0.25, -0.2) is 4.99 Å². The van der Waals surface area contributed by atoms with Gasteiger partial charge in [0, 0.05) is 37.7 Å². The summed E-state index contributed by atoms with van der Waals surface area (Å²) >= 11 is 6.02. The van der Waals surface area contributed by atoms with Crippen LogP contribution in [0.5, 0.6) is 11.5 Å². The molecular formula is C23H30ClIN4O3. The molecule has 1 amide bonds. The molecule has 32 heavy (non-hydrogen) atoms. The zero-order valence-electron chi connectivity index (χ0n) is 18.4. The Hall–Kier alpha value is -2.20. The number of piperazine rings is 1. The maximum absolute atomic E-state index is 12.7. The van der Waals surface area contributed by atoms with Crippen molar-refractivity contribution in [2.24, 2.45) is 4.99 Å². The van der Waals surface area contributed by atoms with Crippen molar-refractivity contribution in [2.45, 2.75) is 19.9 Å². The predicted octanol–water partition coefficient (Wildman–Crippen LogP) is 3.52. The number of guanidine groups is 1. The molecule has 0 radical (unpaired) electrons. The third kappa shape index (κ3) is 7.16. The summed E-state index contributed by atoms with van der Waals surface area (Å²) in [5.41, 5.74) is 1.82. The molecule has 1 fully saturated rings. The second kappa shape index (κ2) is 12.7. The Balaban J connectivity index is 0.00000363. The fourth-order valence-corrected chi connectivity index (χ4v) is 3.74. The molecular weight excluding hydrogens is 543 g/mol. The summed E-state index contributed by atoms with van der Waals surface area (Å²) < 4.78 is 5.09. The van der Waals surface area contributed by atoms with Crippen molar-refractivity contribution in [3.05, 3.63) is 58.6 Å². The number of phenolic OH excluding ortho intramolecular Hbond substituents is 1. The zero-order valence-corrected chi connectivity index (χ0v) is 21.5. The zero-order chi connectivity index (χ0) is 22.2. The van der Waals surface area contributed by atoms with Crippen molar-refractivity contribution in [2.75, 3.05) is 39.8 Å². The van der Waals surface area contributed by atoms with Gasteiger partial charge in [0.2, 0.25) is 5.91 Å². The van der Waals surface area contributed by atoms with Crippen molar-refractivity contribution < 1.29 is 14.6 Å². The number of hydrogen-bond donors (Lipinski definition) is 2. The molecule has 2 aromatic carbocycles. The number of hydrogen-bond acceptors (Lipinski definition) is 4. The van der Waals surface area contributed by atoms with Crippen LogP contribution in [-0.2, 0) is 17.8 Å². The molecule has 1 saturated heterocycles. The Morgan fingerprint density at radius 3 is 2.47 bits per heavy atom. The van der Waals surface area contributed by atoms with E-state index < -0.39 is 0 Å². The Morgan fingerprint density at radius 1 is 1.12 bits per heavy atom. The minimum absolute atomic E-state index is 0. The first-order valence-electron chi connectivity index (χ1n) is 10.4. The molecule has 0 aliphatic carbocycles. The molecule has 0 saturated carbocycles. The van der Waals surface area contributed by atoms with Crippen LogP contribution in [0.1, 0.15) is 18.1 Å². The number of carbonyl (C=O) groups excluding carboxylic acids is 1. The summed E-state index contributed by atoms with van der Waals surface area (Å²) in [6.45, 7) is 5.93. The number of phenols is 1. The van der Waals surface area contributed by atoms with Crippen molar-refractivity contribution in [1.29, 1.82) is 0 Å². The molecule has 1 heterocycles. The van der Waals surface area contributed by atoms with E-state index in [0.717, 1.165) is 23.6 Å². The second-order valence-corrected chi connectivity index (χ2v) is 7.79. The highest BCUT2D eigenvalue weighted by atomic mass is 127. The second-order valence-electron chi connectivity index (χ2n) is 7.35. The van der Waals surface area contributed by atoms with Gasteiger partial charge in [-0.3, -0.25) is 4.79 Å². The Bertz CT molecular complexity index is 933. The predicted molar refractivity (Wildman–Crippen MR) is 138 cm³/mol. The lowest BCUT2D eigenvalue weighted by molar-refractivity contribution is -0.131. The largest absolute Gasteiger partial charge is 0.504 e. The van der Waals surface area contributed by atoms with Crippen molar-refractivity contribution in [1.82, 2.24) is 15.1 Å². The fraction of sp³-hybridized carbons (Fsp3) is 0.391. The minimum Gasteiger partial charge on any atom is -0.504 e. The van der Waals surface area contributed by atoms with E-state index in [9.17, 15) is 9.90 Å². The molecule has 0 atom stereocenters. The van der Waals surface area contributed by atoms with E-state index in [0.29, 0.717) is 49.9 Å². The Morgan fingerprint density at radius 2 is 1.84 bits per heavy atom. The molecule has 1 aliphatic rings. The van der Waals surface area contributed by atoms with Gasteiger partial charge in [-0.1, -0.05) is 29.8 Å². The van der Waals surface area contributed by atoms with Crippen molar-refractivity contribution in [3.63, 3.8) is 0 Å². The smallest absolute Gasteiger partial charge is 0.227 e. The third-order valence-electron chi connectivity index (χ3n) is 5.17. The van der Waals surface area contributed by atoms with Crippen LogP contribution in [0, 0.1) is 0 Å². The minimum atomic E-state index is 0. The van der Waals surface area contributed by atoms with Gasteiger partial charge < -0.3 is 25.0 Å². The number of methoxy groups -OCH3 is 1. The van der Waals surface area contributed by atoms with E-state index in [1.807, 2.05) is 42.2 Å². The Kier molecular flexibility index (Phi) is 10.4. The first kappa shape index (κ1) is 26.1.